The zero-order valence-corrected chi connectivity index (χ0v) is 21.1. The molecule has 0 fully saturated rings. The first-order valence-corrected chi connectivity index (χ1v) is 12.1. The van der Waals surface area contributed by atoms with Crippen molar-refractivity contribution in [3.8, 4) is 10.4 Å². The molecular weight excluding hydrogens is 473 g/mol. The lowest BCUT2D eigenvalue weighted by Crippen LogP contribution is -2.42. The third-order valence-electron chi connectivity index (χ3n) is 5.82. The van der Waals surface area contributed by atoms with Crippen LogP contribution in [0.5, 0.6) is 0 Å². The highest BCUT2D eigenvalue weighted by molar-refractivity contribution is 7.17. The lowest BCUT2D eigenvalue weighted by molar-refractivity contribution is -0.268. The molecule has 2 aromatic rings. The number of thiazole rings is 1. The molecule has 1 aromatic heterocycles. The number of hydrogen-bond donors (Lipinski definition) is 1. The topological polar surface area (TPSA) is 53.4 Å². The molecule has 1 unspecified atom stereocenters. The third kappa shape index (κ3) is 5.12. The molecule has 1 atom stereocenters. The lowest BCUT2D eigenvalue weighted by atomic mass is 9.86. The standard InChI is InChI=1S/C24H30ClF3N2O2S/c1-7-11-18(31)22-29-20(15(6)30(9-3)10-4)21(33-22)16-12-13-17(14(5)19(16)25)23(32,8-2)24(26,27)28/h12-13,32H,6-11H2,1-5H3. The second kappa shape index (κ2) is 10.6. The summed E-state index contributed by atoms with van der Waals surface area (Å²) in [4.78, 5) is 19.7. The van der Waals surface area contributed by atoms with E-state index in [1.807, 2.05) is 25.7 Å². The van der Waals surface area contributed by atoms with Crippen LogP contribution < -0.4 is 0 Å². The number of carbonyl (C=O) groups is 1. The lowest BCUT2D eigenvalue weighted by Gasteiger charge is -2.31. The molecule has 33 heavy (non-hydrogen) atoms. The van der Waals surface area contributed by atoms with Gasteiger partial charge in [0.05, 0.1) is 15.6 Å². The minimum absolute atomic E-state index is 0.0790. The van der Waals surface area contributed by atoms with E-state index in [0.29, 0.717) is 52.8 Å². The van der Waals surface area contributed by atoms with E-state index in [2.05, 4.69) is 11.6 Å². The van der Waals surface area contributed by atoms with Crippen molar-refractivity contribution in [2.24, 2.45) is 0 Å². The Bertz CT molecular complexity index is 1030. The first kappa shape index (κ1) is 27.3. The number of rotatable bonds is 10. The Morgan fingerprint density at radius 3 is 2.30 bits per heavy atom. The van der Waals surface area contributed by atoms with Crippen LogP contribution >= 0.6 is 22.9 Å². The van der Waals surface area contributed by atoms with Gasteiger partial charge in [-0.15, -0.1) is 11.3 Å². The normalized spacial score (nSPS) is 13.6. The average molecular weight is 503 g/mol. The second-order valence-corrected chi connectivity index (χ2v) is 9.18. The monoisotopic (exact) mass is 502 g/mol. The van der Waals surface area contributed by atoms with E-state index in [-0.39, 0.29) is 21.9 Å². The van der Waals surface area contributed by atoms with Gasteiger partial charge in [-0.2, -0.15) is 13.2 Å². The van der Waals surface area contributed by atoms with Crippen LogP contribution in [0, 0.1) is 6.92 Å². The Balaban J connectivity index is 2.74. The van der Waals surface area contributed by atoms with Gasteiger partial charge in [0.2, 0.25) is 0 Å². The number of hydrogen-bond acceptors (Lipinski definition) is 5. The van der Waals surface area contributed by atoms with E-state index in [9.17, 15) is 23.1 Å². The highest BCUT2D eigenvalue weighted by Gasteiger charge is 2.54. The molecule has 2 rings (SSSR count). The van der Waals surface area contributed by atoms with Gasteiger partial charge in [0.15, 0.2) is 16.4 Å². The SMILES string of the molecule is C=C(c1nc(C(=O)CCC)sc1-c1ccc(C(O)(CC)C(F)(F)F)c(C)c1Cl)N(CC)CC. The molecule has 0 aliphatic heterocycles. The van der Waals surface area contributed by atoms with Gasteiger partial charge in [0.1, 0.15) is 5.69 Å². The molecule has 0 saturated carbocycles. The van der Waals surface area contributed by atoms with Crippen molar-refractivity contribution in [2.45, 2.75) is 65.7 Å². The maximum absolute atomic E-state index is 13.7. The summed E-state index contributed by atoms with van der Waals surface area (Å²) in [6, 6.07) is 2.71. The smallest absolute Gasteiger partial charge is 0.376 e. The van der Waals surface area contributed by atoms with E-state index in [1.165, 1.54) is 26.0 Å². The van der Waals surface area contributed by atoms with E-state index < -0.39 is 18.2 Å². The van der Waals surface area contributed by atoms with Crippen LogP contribution in [0.3, 0.4) is 0 Å². The molecule has 0 amide bonds. The maximum Gasteiger partial charge on any atom is 0.421 e. The predicted octanol–water partition coefficient (Wildman–Crippen LogP) is 7.23. The van der Waals surface area contributed by atoms with Gasteiger partial charge in [-0.25, -0.2) is 4.98 Å². The summed E-state index contributed by atoms with van der Waals surface area (Å²) in [5.74, 6) is -0.107. The van der Waals surface area contributed by atoms with Crippen LogP contribution in [0.15, 0.2) is 18.7 Å². The molecule has 0 aliphatic rings. The fraction of sp³-hybridized carbons (Fsp3) is 0.500. The number of alkyl halides is 3. The second-order valence-electron chi connectivity index (χ2n) is 7.80. The highest BCUT2D eigenvalue weighted by atomic mass is 35.5. The molecule has 182 valence electrons. The Labute approximate surface area is 202 Å². The van der Waals surface area contributed by atoms with Crippen molar-refractivity contribution in [1.29, 1.82) is 0 Å². The summed E-state index contributed by atoms with van der Waals surface area (Å²) in [5, 5.41) is 10.8. The number of carbonyl (C=O) groups excluding carboxylic acids is 1. The van der Waals surface area contributed by atoms with Gasteiger partial charge in [-0.3, -0.25) is 4.79 Å². The minimum atomic E-state index is -4.86. The molecule has 0 bridgehead atoms. The fourth-order valence-corrected chi connectivity index (χ4v) is 5.16. The quantitative estimate of drug-likeness (QED) is 0.348. The summed E-state index contributed by atoms with van der Waals surface area (Å²) >= 11 is 7.75. The largest absolute Gasteiger partial charge is 0.421 e. The van der Waals surface area contributed by atoms with Crippen molar-refractivity contribution < 1.29 is 23.1 Å². The summed E-state index contributed by atoms with van der Waals surface area (Å²) in [5.41, 5.74) is -1.62. The Kier molecular flexibility index (Phi) is 8.76. The zero-order valence-electron chi connectivity index (χ0n) is 19.6. The zero-order chi connectivity index (χ0) is 25.1. The molecule has 1 aromatic carbocycles. The van der Waals surface area contributed by atoms with Crippen molar-refractivity contribution in [1.82, 2.24) is 9.88 Å². The number of halogens is 4. The molecule has 4 nitrogen and oxygen atoms in total. The number of aromatic nitrogens is 1. The molecular formula is C24H30ClF3N2O2S. The van der Waals surface area contributed by atoms with Gasteiger partial charge >= 0.3 is 6.18 Å². The number of nitrogens with zero attached hydrogens (tertiary/aromatic N) is 2. The van der Waals surface area contributed by atoms with Crippen LogP contribution in [0.4, 0.5) is 13.2 Å². The van der Waals surface area contributed by atoms with E-state index in [0.717, 1.165) is 11.3 Å². The van der Waals surface area contributed by atoms with Crippen molar-refractivity contribution in [3.63, 3.8) is 0 Å². The maximum atomic E-state index is 13.7. The number of aliphatic hydroxyl groups is 1. The van der Waals surface area contributed by atoms with E-state index in [4.69, 9.17) is 11.6 Å². The molecule has 0 radical (unpaired) electrons. The van der Waals surface area contributed by atoms with Gasteiger partial charge in [-0.05, 0) is 44.7 Å². The molecule has 1 N–H and O–H groups in total. The number of benzene rings is 1. The van der Waals surface area contributed by atoms with Gasteiger partial charge in [0.25, 0.3) is 0 Å². The molecule has 0 aliphatic carbocycles. The van der Waals surface area contributed by atoms with Crippen LogP contribution in [-0.2, 0) is 5.60 Å². The van der Waals surface area contributed by atoms with Crippen LogP contribution in [0.25, 0.3) is 16.1 Å². The average Bonchev–Trinajstić information content (AvgIpc) is 3.20. The van der Waals surface area contributed by atoms with Gasteiger partial charge < -0.3 is 10.0 Å². The summed E-state index contributed by atoms with van der Waals surface area (Å²) in [6.45, 7) is 14.1. The highest BCUT2D eigenvalue weighted by Crippen LogP contribution is 2.47. The molecule has 1 heterocycles. The first-order chi connectivity index (χ1) is 15.4. The Hall–Kier alpha value is -1.90. The van der Waals surface area contributed by atoms with Crippen molar-refractivity contribution in [3.05, 3.63) is 45.6 Å². The summed E-state index contributed by atoms with van der Waals surface area (Å²) < 4.78 is 41.0. The van der Waals surface area contributed by atoms with Crippen molar-refractivity contribution in [2.75, 3.05) is 13.1 Å². The number of Topliss-reactive ketones (excluding diaryl/α,β-unsaturated/α-hetero) is 1. The van der Waals surface area contributed by atoms with Crippen LogP contribution in [-0.4, -0.2) is 40.0 Å². The first-order valence-electron chi connectivity index (χ1n) is 10.9. The van der Waals surface area contributed by atoms with E-state index >= 15 is 0 Å². The third-order valence-corrected chi connectivity index (χ3v) is 7.44. The molecule has 0 saturated heterocycles. The fourth-order valence-electron chi connectivity index (χ4n) is 3.76. The Morgan fingerprint density at radius 2 is 1.82 bits per heavy atom. The molecule has 0 spiro atoms. The van der Waals surface area contributed by atoms with Crippen molar-refractivity contribution >= 4 is 34.4 Å². The van der Waals surface area contributed by atoms with E-state index in [1.54, 1.807) is 0 Å². The summed E-state index contributed by atoms with van der Waals surface area (Å²) in [6.07, 6.45) is -4.40. The molecule has 9 heteroatoms. The Morgan fingerprint density at radius 1 is 1.21 bits per heavy atom. The number of ketones is 1. The minimum Gasteiger partial charge on any atom is -0.376 e. The summed E-state index contributed by atoms with van der Waals surface area (Å²) in [7, 11) is 0. The van der Waals surface area contributed by atoms with Gasteiger partial charge in [0, 0.05) is 25.1 Å². The van der Waals surface area contributed by atoms with Crippen LogP contribution in [0.2, 0.25) is 5.02 Å². The predicted molar refractivity (Wildman–Crippen MR) is 129 cm³/mol. The van der Waals surface area contributed by atoms with Gasteiger partial charge in [-0.1, -0.05) is 44.2 Å². The van der Waals surface area contributed by atoms with Crippen LogP contribution in [0.1, 0.15) is 73.6 Å².